The molecule has 112 valence electrons. The first-order valence-corrected chi connectivity index (χ1v) is 6.17. The molecule has 21 heavy (non-hydrogen) atoms. The van der Waals surface area contributed by atoms with Gasteiger partial charge >= 0.3 is 12.1 Å². The Morgan fingerprint density at radius 1 is 1.38 bits per heavy atom. The number of aromatic nitrogens is 2. The molecule has 0 N–H and O–H groups in total. The van der Waals surface area contributed by atoms with Gasteiger partial charge in [0, 0.05) is 11.1 Å². The molecule has 0 atom stereocenters. The summed E-state index contributed by atoms with van der Waals surface area (Å²) in [5, 5.41) is 3.79. The summed E-state index contributed by atoms with van der Waals surface area (Å²) in [5.41, 5.74) is -0.902. The van der Waals surface area contributed by atoms with Crippen LogP contribution in [-0.2, 0) is 17.5 Å². The molecule has 0 bridgehead atoms. The summed E-state index contributed by atoms with van der Waals surface area (Å²) < 4.78 is 43.5. The molecule has 2 aromatic rings. The highest BCUT2D eigenvalue weighted by Crippen LogP contribution is 2.29. The lowest BCUT2D eigenvalue weighted by Crippen LogP contribution is -2.13. The van der Waals surface area contributed by atoms with Crippen LogP contribution >= 0.6 is 11.6 Å². The van der Waals surface area contributed by atoms with Crippen molar-refractivity contribution < 1.29 is 22.7 Å². The lowest BCUT2D eigenvalue weighted by molar-refractivity contribution is -0.141. The first-order valence-electron chi connectivity index (χ1n) is 5.79. The maximum atomic E-state index is 12.7. The molecule has 1 aromatic carbocycles. The molecule has 0 saturated carbocycles. The fourth-order valence-corrected chi connectivity index (χ4v) is 1.93. The van der Waals surface area contributed by atoms with Crippen LogP contribution in [0.3, 0.4) is 0 Å². The third-order valence-corrected chi connectivity index (χ3v) is 3.11. The summed E-state index contributed by atoms with van der Waals surface area (Å²) in [6.07, 6.45) is -4.64. The summed E-state index contributed by atoms with van der Waals surface area (Å²) in [7, 11) is 1.09. The summed E-state index contributed by atoms with van der Waals surface area (Å²) in [6, 6.07) is 7.27. The van der Waals surface area contributed by atoms with Crippen LogP contribution in [0, 0.1) is 0 Å². The normalized spacial score (nSPS) is 11.5. The Kier molecular flexibility index (Phi) is 4.22. The van der Waals surface area contributed by atoms with Gasteiger partial charge in [-0.15, -0.1) is 0 Å². The molecule has 0 amide bonds. The Balaban J connectivity index is 2.44. The number of hydrogen-bond acceptors (Lipinski definition) is 3. The van der Waals surface area contributed by atoms with E-state index in [9.17, 15) is 18.0 Å². The Morgan fingerprint density at radius 3 is 2.62 bits per heavy atom. The van der Waals surface area contributed by atoms with Crippen molar-refractivity contribution in [3.63, 3.8) is 0 Å². The maximum absolute atomic E-state index is 12.7. The van der Waals surface area contributed by atoms with Gasteiger partial charge in [0.15, 0.2) is 5.69 Å². The van der Waals surface area contributed by atoms with Crippen LogP contribution in [0.4, 0.5) is 13.2 Å². The number of nitrogens with zero attached hydrogens (tertiary/aromatic N) is 2. The zero-order chi connectivity index (χ0) is 15.6. The summed E-state index contributed by atoms with van der Waals surface area (Å²) in [4.78, 5) is 11.6. The second kappa shape index (κ2) is 5.77. The van der Waals surface area contributed by atoms with E-state index >= 15 is 0 Å². The Morgan fingerprint density at radius 2 is 2.05 bits per heavy atom. The van der Waals surface area contributed by atoms with E-state index < -0.39 is 17.8 Å². The van der Waals surface area contributed by atoms with E-state index in [-0.39, 0.29) is 12.2 Å². The highest BCUT2D eigenvalue weighted by atomic mass is 35.5. The number of methoxy groups -OCH3 is 1. The number of esters is 1. The van der Waals surface area contributed by atoms with Gasteiger partial charge in [0.1, 0.15) is 5.69 Å². The minimum absolute atomic E-state index is 0.0693. The van der Waals surface area contributed by atoms with E-state index in [2.05, 4.69) is 9.84 Å². The molecule has 4 nitrogen and oxygen atoms in total. The predicted octanol–water partition coefficient (Wildman–Crippen LogP) is 3.39. The number of hydrogen-bond donors (Lipinski definition) is 0. The fourth-order valence-electron chi connectivity index (χ4n) is 1.73. The first kappa shape index (κ1) is 15.4. The molecular formula is C13H10ClF3N2O2. The van der Waals surface area contributed by atoms with E-state index in [4.69, 9.17) is 11.6 Å². The molecule has 0 radical (unpaired) electrons. The van der Waals surface area contributed by atoms with Crippen molar-refractivity contribution in [2.45, 2.75) is 12.7 Å². The standard InChI is InChI=1S/C13H10ClF3N2O2/c1-21-12(20)10-6-11(13(15,16)17)18-19(10)7-8-4-2-3-5-9(8)14/h2-6H,7H2,1H3. The molecule has 1 aromatic heterocycles. The number of rotatable bonds is 3. The van der Waals surface area contributed by atoms with E-state index in [1.54, 1.807) is 24.3 Å². The number of alkyl halides is 3. The summed E-state index contributed by atoms with van der Waals surface area (Å²) in [6.45, 7) is -0.0693. The molecule has 0 saturated heterocycles. The Labute approximate surface area is 123 Å². The van der Waals surface area contributed by atoms with Gasteiger partial charge in [-0.3, -0.25) is 4.68 Å². The molecule has 0 aliphatic heterocycles. The van der Waals surface area contributed by atoms with Gasteiger partial charge in [-0.05, 0) is 11.6 Å². The lowest BCUT2D eigenvalue weighted by Gasteiger charge is -2.07. The minimum Gasteiger partial charge on any atom is -0.464 e. The number of halogens is 4. The highest BCUT2D eigenvalue weighted by molar-refractivity contribution is 6.31. The maximum Gasteiger partial charge on any atom is 0.435 e. The molecule has 0 spiro atoms. The molecular weight excluding hydrogens is 309 g/mol. The largest absolute Gasteiger partial charge is 0.464 e. The summed E-state index contributed by atoms with van der Waals surface area (Å²) >= 11 is 5.96. The molecule has 8 heteroatoms. The van der Waals surface area contributed by atoms with Gasteiger partial charge in [0.05, 0.1) is 13.7 Å². The van der Waals surface area contributed by atoms with Crippen LogP contribution in [0.2, 0.25) is 5.02 Å². The SMILES string of the molecule is COC(=O)c1cc(C(F)(F)F)nn1Cc1ccccc1Cl. The van der Waals surface area contributed by atoms with Crippen molar-refractivity contribution >= 4 is 17.6 Å². The van der Waals surface area contributed by atoms with Crippen LogP contribution in [0.5, 0.6) is 0 Å². The molecule has 0 unspecified atom stereocenters. The third kappa shape index (κ3) is 3.36. The molecule has 0 aliphatic rings. The van der Waals surface area contributed by atoms with Gasteiger partial charge in [-0.1, -0.05) is 29.8 Å². The third-order valence-electron chi connectivity index (χ3n) is 2.74. The van der Waals surface area contributed by atoms with Crippen molar-refractivity contribution in [1.82, 2.24) is 9.78 Å². The van der Waals surface area contributed by atoms with Gasteiger partial charge in [-0.2, -0.15) is 18.3 Å². The van der Waals surface area contributed by atoms with Crippen molar-refractivity contribution in [3.8, 4) is 0 Å². The van der Waals surface area contributed by atoms with Crippen molar-refractivity contribution in [3.05, 3.63) is 52.3 Å². The molecule has 1 heterocycles. The highest BCUT2D eigenvalue weighted by Gasteiger charge is 2.36. The Bertz CT molecular complexity index is 668. The number of carbonyl (C=O) groups excluding carboxylic acids is 1. The molecule has 0 fully saturated rings. The second-order valence-corrected chi connectivity index (χ2v) is 4.56. The lowest BCUT2D eigenvalue weighted by atomic mass is 10.2. The molecule has 2 rings (SSSR count). The van der Waals surface area contributed by atoms with Crippen LogP contribution in [0.1, 0.15) is 21.7 Å². The molecule has 0 aliphatic carbocycles. The van der Waals surface area contributed by atoms with Crippen molar-refractivity contribution in [2.75, 3.05) is 7.11 Å². The van der Waals surface area contributed by atoms with Crippen molar-refractivity contribution in [1.29, 1.82) is 0 Å². The second-order valence-electron chi connectivity index (χ2n) is 4.15. The van der Waals surface area contributed by atoms with Crippen LogP contribution in [0.15, 0.2) is 30.3 Å². The van der Waals surface area contributed by atoms with Crippen LogP contribution in [-0.4, -0.2) is 22.9 Å². The van der Waals surface area contributed by atoms with Gasteiger partial charge < -0.3 is 4.74 Å². The van der Waals surface area contributed by atoms with E-state index in [0.29, 0.717) is 16.7 Å². The predicted molar refractivity (Wildman–Crippen MR) is 69.1 cm³/mol. The van der Waals surface area contributed by atoms with Gasteiger partial charge in [-0.25, -0.2) is 4.79 Å². The summed E-state index contributed by atoms with van der Waals surface area (Å²) in [5.74, 6) is -0.898. The number of benzene rings is 1. The van der Waals surface area contributed by atoms with Gasteiger partial charge in [0.25, 0.3) is 0 Å². The van der Waals surface area contributed by atoms with E-state index in [1.807, 2.05) is 0 Å². The zero-order valence-corrected chi connectivity index (χ0v) is 11.6. The number of carbonyl (C=O) groups is 1. The smallest absolute Gasteiger partial charge is 0.435 e. The van der Waals surface area contributed by atoms with E-state index in [1.165, 1.54) is 0 Å². The topological polar surface area (TPSA) is 44.1 Å². The Hall–Kier alpha value is -2.02. The quantitative estimate of drug-likeness (QED) is 0.815. The van der Waals surface area contributed by atoms with Crippen molar-refractivity contribution in [2.24, 2.45) is 0 Å². The zero-order valence-electron chi connectivity index (χ0n) is 10.8. The van der Waals surface area contributed by atoms with E-state index in [0.717, 1.165) is 11.8 Å². The van der Waals surface area contributed by atoms with Crippen LogP contribution < -0.4 is 0 Å². The first-order chi connectivity index (χ1) is 9.82. The van der Waals surface area contributed by atoms with Crippen LogP contribution in [0.25, 0.3) is 0 Å². The number of ether oxygens (including phenoxy) is 1. The monoisotopic (exact) mass is 318 g/mol. The fraction of sp³-hybridized carbons (Fsp3) is 0.231. The minimum atomic E-state index is -4.64. The average Bonchev–Trinajstić information content (AvgIpc) is 2.84. The average molecular weight is 319 g/mol. The van der Waals surface area contributed by atoms with Gasteiger partial charge in [0.2, 0.25) is 0 Å².